The molecule has 6 heteroatoms. The van der Waals surface area contributed by atoms with Gasteiger partial charge in [-0.15, -0.1) is 0 Å². The van der Waals surface area contributed by atoms with Crippen molar-refractivity contribution in [3.63, 3.8) is 0 Å². The molecular weight excluding hydrogens is 294 g/mol. The van der Waals surface area contributed by atoms with Crippen LogP contribution < -0.4 is 10.7 Å². The van der Waals surface area contributed by atoms with Crippen molar-refractivity contribution in [3.8, 4) is 0 Å². The van der Waals surface area contributed by atoms with Crippen molar-refractivity contribution < 1.29 is 14.4 Å². The molecule has 1 aliphatic carbocycles. The Morgan fingerprint density at radius 1 is 1.13 bits per heavy atom. The van der Waals surface area contributed by atoms with Crippen molar-refractivity contribution in [2.45, 2.75) is 40.0 Å². The van der Waals surface area contributed by atoms with Crippen molar-refractivity contribution >= 4 is 29.0 Å². The van der Waals surface area contributed by atoms with Crippen molar-refractivity contribution in [1.29, 1.82) is 0 Å². The zero-order valence-corrected chi connectivity index (χ0v) is 13.6. The Morgan fingerprint density at radius 2 is 1.78 bits per heavy atom. The third-order valence-corrected chi connectivity index (χ3v) is 3.54. The number of hydrogen-bond acceptors (Lipinski definition) is 4. The maximum Gasteiger partial charge on any atom is 0.271 e. The molecule has 0 unspecified atom stereocenters. The summed E-state index contributed by atoms with van der Waals surface area (Å²) in [7, 11) is 0. The van der Waals surface area contributed by atoms with Gasteiger partial charge >= 0.3 is 0 Å². The predicted molar refractivity (Wildman–Crippen MR) is 88.3 cm³/mol. The van der Waals surface area contributed by atoms with E-state index in [1.165, 1.54) is 6.92 Å². The molecule has 0 atom stereocenters. The van der Waals surface area contributed by atoms with Crippen molar-refractivity contribution in [1.82, 2.24) is 5.43 Å². The largest absolute Gasteiger partial charge is 0.326 e. The van der Waals surface area contributed by atoms with E-state index < -0.39 is 0 Å². The molecule has 0 radical (unpaired) electrons. The monoisotopic (exact) mass is 315 g/mol. The lowest BCUT2D eigenvalue weighted by Crippen LogP contribution is -2.31. The summed E-state index contributed by atoms with van der Waals surface area (Å²) in [6, 6.07) is 6.51. The summed E-state index contributed by atoms with van der Waals surface area (Å²) < 4.78 is 0. The first-order chi connectivity index (χ1) is 10.7. The van der Waals surface area contributed by atoms with Gasteiger partial charge in [0.15, 0.2) is 0 Å². The van der Waals surface area contributed by atoms with Gasteiger partial charge in [-0.05, 0) is 36.1 Å². The van der Waals surface area contributed by atoms with Gasteiger partial charge < -0.3 is 5.32 Å². The van der Waals surface area contributed by atoms with Gasteiger partial charge in [0.2, 0.25) is 5.91 Å². The van der Waals surface area contributed by atoms with Gasteiger partial charge in [0.05, 0.1) is 0 Å². The average molecular weight is 315 g/mol. The van der Waals surface area contributed by atoms with Crippen LogP contribution in [0.3, 0.4) is 0 Å². The Kier molecular flexibility index (Phi) is 4.93. The molecule has 122 valence electrons. The summed E-state index contributed by atoms with van der Waals surface area (Å²) in [6.45, 7) is 5.45. The molecule has 2 rings (SSSR count). The van der Waals surface area contributed by atoms with Crippen LogP contribution in [-0.4, -0.2) is 23.3 Å². The normalized spacial score (nSPS) is 18.6. The first-order valence-corrected chi connectivity index (χ1v) is 7.50. The molecule has 1 saturated carbocycles. The molecule has 0 saturated heterocycles. The zero-order valence-electron chi connectivity index (χ0n) is 13.6. The Labute approximate surface area is 135 Å². The molecule has 0 aliphatic heterocycles. The number of hydrogen-bond donors (Lipinski definition) is 2. The van der Waals surface area contributed by atoms with Crippen LogP contribution in [-0.2, 0) is 9.59 Å². The number of hydrazone groups is 1. The maximum atomic E-state index is 12.1. The lowest BCUT2D eigenvalue weighted by molar-refractivity contribution is -0.120. The van der Waals surface area contributed by atoms with Gasteiger partial charge in [0, 0.05) is 36.7 Å². The molecule has 1 aliphatic rings. The van der Waals surface area contributed by atoms with Crippen molar-refractivity contribution in [2.75, 3.05) is 5.32 Å². The molecule has 0 bridgehead atoms. The Bertz CT molecular complexity index is 660. The van der Waals surface area contributed by atoms with E-state index in [2.05, 4.69) is 15.8 Å². The van der Waals surface area contributed by atoms with Crippen LogP contribution in [0.15, 0.2) is 29.4 Å². The fraction of sp³-hybridized carbons (Fsp3) is 0.412. The first-order valence-electron chi connectivity index (χ1n) is 7.50. The number of rotatable bonds is 3. The van der Waals surface area contributed by atoms with Crippen LogP contribution >= 0.6 is 0 Å². The van der Waals surface area contributed by atoms with Gasteiger partial charge in [-0.2, -0.15) is 5.10 Å². The van der Waals surface area contributed by atoms with E-state index >= 15 is 0 Å². The van der Waals surface area contributed by atoms with E-state index in [0.717, 1.165) is 0 Å². The molecule has 2 N–H and O–H groups in total. The minimum atomic E-state index is -0.345. The predicted octanol–water partition coefficient (Wildman–Crippen LogP) is 2.51. The standard InChI is InChI=1S/C17H21N3O3/c1-11(21)18-13-6-4-12(5-7-13)16(23)20-19-14-8-15(22)10-17(2,3)9-14/h4-7H,8-10H2,1-3H3,(H,18,21)(H,20,23). The smallest absolute Gasteiger partial charge is 0.271 e. The van der Waals surface area contributed by atoms with Crippen LogP contribution in [0, 0.1) is 5.41 Å². The average Bonchev–Trinajstić information content (AvgIpc) is 2.43. The molecule has 6 nitrogen and oxygen atoms in total. The summed E-state index contributed by atoms with van der Waals surface area (Å²) in [4.78, 5) is 34.7. The van der Waals surface area contributed by atoms with Gasteiger partial charge in [-0.3, -0.25) is 14.4 Å². The minimum absolute atomic E-state index is 0.112. The Balaban J connectivity index is 2.00. The lowest BCUT2D eigenvalue weighted by Gasteiger charge is -2.28. The quantitative estimate of drug-likeness (QED) is 0.840. The van der Waals surface area contributed by atoms with Crippen LogP contribution in [0.4, 0.5) is 5.69 Å². The van der Waals surface area contributed by atoms with Crippen LogP contribution in [0.1, 0.15) is 50.4 Å². The summed E-state index contributed by atoms with van der Waals surface area (Å²) in [5, 5.41) is 6.74. The third-order valence-electron chi connectivity index (χ3n) is 3.54. The molecule has 0 spiro atoms. The second-order valence-electron chi connectivity index (χ2n) is 6.61. The number of benzene rings is 1. The number of carbonyl (C=O) groups is 3. The van der Waals surface area contributed by atoms with Gasteiger partial charge in [0.1, 0.15) is 5.78 Å². The summed E-state index contributed by atoms with van der Waals surface area (Å²) in [6.07, 6.45) is 1.54. The number of anilines is 1. The van der Waals surface area contributed by atoms with E-state index in [1.54, 1.807) is 24.3 Å². The highest BCUT2D eigenvalue weighted by molar-refractivity contribution is 6.05. The number of amides is 2. The molecule has 0 heterocycles. The van der Waals surface area contributed by atoms with Crippen molar-refractivity contribution in [3.05, 3.63) is 29.8 Å². The second kappa shape index (κ2) is 6.73. The number of nitrogens with one attached hydrogen (secondary N) is 2. The van der Waals surface area contributed by atoms with Crippen molar-refractivity contribution in [2.24, 2.45) is 10.5 Å². The molecule has 2 amide bonds. The molecule has 23 heavy (non-hydrogen) atoms. The molecule has 1 aromatic carbocycles. The number of Topliss-reactive ketones (excluding diaryl/α,β-unsaturated/α-hetero) is 1. The Hall–Kier alpha value is -2.50. The molecule has 1 aromatic rings. The molecular formula is C17H21N3O3. The summed E-state index contributed by atoms with van der Waals surface area (Å²) >= 11 is 0. The second-order valence-corrected chi connectivity index (χ2v) is 6.61. The highest BCUT2D eigenvalue weighted by atomic mass is 16.2. The van der Waals surface area contributed by atoms with E-state index in [9.17, 15) is 14.4 Å². The SMILES string of the molecule is CC(=O)Nc1ccc(C(=O)NN=C2CC(=O)CC(C)(C)C2)cc1. The summed E-state index contributed by atoms with van der Waals surface area (Å²) in [5.41, 5.74) is 4.15. The van der Waals surface area contributed by atoms with Gasteiger partial charge in [-0.1, -0.05) is 13.8 Å². The Morgan fingerprint density at radius 3 is 2.35 bits per heavy atom. The molecule has 0 aromatic heterocycles. The van der Waals surface area contributed by atoms with E-state index in [1.807, 2.05) is 13.8 Å². The number of nitrogens with zero attached hydrogens (tertiary/aromatic N) is 1. The van der Waals surface area contributed by atoms with Crippen LogP contribution in [0.25, 0.3) is 0 Å². The van der Waals surface area contributed by atoms with E-state index in [0.29, 0.717) is 36.2 Å². The highest BCUT2D eigenvalue weighted by Crippen LogP contribution is 2.31. The topological polar surface area (TPSA) is 87.6 Å². The number of ketones is 1. The molecule has 1 fully saturated rings. The minimum Gasteiger partial charge on any atom is -0.326 e. The van der Waals surface area contributed by atoms with Crippen LogP contribution in [0.2, 0.25) is 0 Å². The van der Waals surface area contributed by atoms with E-state index in [4.69, 9.17) is 0 Å². The van der Waals surface area contributed by atoms with E-state index in [-0.39, 0.29) is 23.0 Å². The maximum absolute atomic E-state index is 12.1. The summed E-state index contributed by atoms with van der Waals surface area (Å²) in [5.74, 6) is -0.366. The van der Waals surface area contributed by atoms with Gasteiger partial charge in [-0.25, -0.2) is 5.43 Å². The zero-order chi connectivity index (χ0) is 17.0. The van der Waals surface area contributed by atoms with Gasteiger partial charge in [0.25, 0.3) is 5.91 Å². The third kappa shape index (κ3) is 5.02. The fourth-order valence-corrected chi connectivity index (χ4v) is 2.68. The number of carbonyl (C=O) groups excluding carboxylic acids is 3. The highest BCUT2D eigenvalue weighted by Gasteiger charge is 2.30. The first kappa shape index (κ1) is 16.9. The lowest BCUT2D eigenvalue weighted by atomic mass is 9.76. The van der Waals surface area contributed by atoms with Crippen LogP contribution in [0.5, 0.6) is 0 Å². The fourth-order valence-electron chi connectivity index (χ4n) is 2.68.